The molecular weight excluding hydrogens is 316 g/mol. The molecule has 4 bridgehead atoms. The van der Waals surface area contributed by atoms with Crippen LogP contribution in [0, 0.1) is 17.8 Å². The summed E-state index contributed by atoms with van der Waals surface area (Å²) in [5.41, 5.74) is 4.31. The number of aromatic nitrogens is 1. The van der Waals surface area contributed by atoms with Gasteiger partial charge in [0.2, 0.25) is 0 Å². The van der Waals surface area contributed by atoms with E-state index in [1.165, 1.54) is 44.1 Å². The van der Waals surface area contributed by atoms with Gasteiger partial charge in [-0.2, -0.15) is 0 Å². The lowest BCUT2D eigenvalue weighted by Gasteiger charge is -2.57. The Labute approximate surface area is 157 Å². The lowest BCUT2D eigenvalue weighted by atomic mass is 9.48. The monoisotopic (exact) mass is 346 g/mol. The second-order valence-corrected chi connectivity index (χ2v) is 9.49. The van der Waals surface area contributed by atoms with Crippen molar-refractivity contribution >= 4 is 11.9 Å². The molecular formula is C24H30N2. The van der Waals surface area contributed by atoms with E-state index in [1.807, 2.05) is 6.21 Å². The van der Waals surface area contributed by atoms with Gasteiger partial charge in [-0.05, 0) is 99.3 Å². The van der Waals surface area contributed by atoms with Gasteiger partial charge in [-0.15, -0.1) is 0 Å². The minimum absolute atomic E-state index is 0.492. The molecule has 6 rings (SSSR count). The molecule has 4 fully saturated rings. The highest BCUT2D eigenvalue weighted by Crippen LogP contribution is 2.60. The molecule has 0 unspecified atom stereocenters. The first-order valence-electron chi connectivity index (χ1n) is 10.4. The van der Waals surface area contributed by atoms with Crippen LogP contribution in [0.15, 0.2) is 47.7 Å². The second kappa shape index (κ2) is 6.11. The molecule has 4 aliphatic carbocycles. The Kier molecular flexibility index (Phi) is 3.84. The first kappa shape index (κ1) is 16.4. The van der Waals surface area contributed by atoms with Gasteiger partial charge in [0.25, 0.3) is 0 Å². The Hall–Kier alpha value is -1.83. The quantitative estimate of drug-likeness (QED) is 0.579. The number of hydrogen-bond donors (Lipinski definition) is 0. The molecule has 2 nitrogen and oxygen atoms in total. The number of nitrogens with zero attached hydrogens (tertiary/aromatic N) is 2. The highest BCUT2D eigenvalue weighted by Gasteiger charge is 2.51. The van der Waals surface area contributed by atoms with E-state index in [0.717, 1.165) is 23.4 Å². The van der Waals surface area contributed by atoms with Gasteiger partial charge >= 0.3 is 0 Å². The fraction of sp³-hybridized carbons (Fsp3) is 0.542. The first-order chi connectivity index (χ1) is 12.6. The molecule has 1 heterocycles. The Morgan fingerprint density at radius 1 is 0.962 bits per heavy atom. The molecule has 2 heteroatoms. The molecule has 136 valence electrons. The molecule has 4 aliphatic rings. The van der Waals surface area contributed by atoms with Crippen LogP contribution in [0.1, 0.15) is 69.5 Å². The molecule has 0 amide bonds. The number of aliphatic imine (C=N–C) groups is 1. The lowest BCUT2D eigenvalue weighted by Crippen LogP contribution is -2.48. The highest BCUT2D eigenvalue weighted by atomic mass is 15.0. The van der Waals surface area contributed by atoms with Crippen molar-refractivity contribution in [1.29, 1.82) is 0 Å². The number of rotatable bonds is 4. The predicted octanol–water partition coefficient (Wildman–Crippen LogP) is 6.29. The Balaban J connectivity index is 1.33. The van der Waals surface area contributed by atoms with Crippen molar-refractivity contribution in [3.63, 3.8) is 0 Å². The third-order valence-electron chi connectivity index (χ3n) is 7.21. The van der Waals surface area contributed by atoms with Crippen LogP contribution in [0.3, 0.4) is 0 Å². The van der Waals surface area contributed by atoms with E-state index in [2.05, 4.69) is 61.1 Å². The van der Waals surface area contributed by atoms with Gasteiger partial charge in [0.05, 0.1) is 5.69 Å². The van der Waals surface area contributed by atoms with Crippen LogP contribution in [0.5, 0.6) is 0 Å². The third kappa shape index (κ3) is 2.84. The topological polar surface area (TPSA) is 17.3 Å². The molecule has 0 N–H and O–H groups in total. The van der Waals surface area contributed by atoms with Crippen molar-refractivity contribution in [1.82, 2.24) is 4.57 Å². The molecule has 0 atom stereocenters. The number of benzene rings is 1. The maximum absolute atomic E-state index is 4.70. The van der Waals surface area contributed by atoms with Gasteiger partial charge in [0, 0.05) is 30.2 Å². The van der Waals surface area contributed by atoms with Gasteiger partial charge in [-0.1, -0.05) is 12.1 Å². The summed E-state index contributed by atoms with van der Waals surface area (Å²) >= 11 is 0. The molecule has 4 saturated carbocycles. The average Bonchev–Trinajstić information content (AvgIpc) is 3.09. The van der Waals surface area contributed by atoms with Gasteiger partial charge in [0.15, 0.2) is 0 Å². The van der Waals surface area contributed by atoms with Crippen LogP contribution in [0.4, 0.5) is 5.69 Å². The van der Waals surface area contributed by atoms with Crippen molar-refractivity contribution < 1.29 is 0 Å². The van der Waals surface area contributed by atoms with Crippen molar-refractivity contribution in [3.8, 4) is 0 Å². The van der Waals surface area contributed by atoms with Gasteiger partial charge < -0.3 is 4.57 Å². The van der Waals surface area contributed by atoms with E-state index in [9.17, 15) is 0 Å². The van der Waals surface area contributed by atoms with Crippen molar-refractivity contribution in [3.05, 3.63) is 53.9 Å². The van der Waals surface area contributed by atoms with Gasteiger partial charge in [-0.25, -0.2) is 0 Å². The summed E-state index contributed by atoms with van der Waals surface area (Å²) in [5, 5.41) is 0. The van der Waals surface area contributed by atoms with Crippen LogP contribution in [0.25, 0.3) is 0 Å². The minimum atomic E-state index is 0.492. The van der Waals surface area contributed by atoms with Crippen molar-refractivity contribution in [2.75, 3.05) is 0 Å². The van der Waals surface area contributed by atoms with Crippen LogP contribution in [-0.2, 0) is 5.41 Å². The van der Waals surface area contributed by atoms with E-state index in [0.29, 0.717) is 11.5 Å². The van der Waals surface area contributed by atoms with Crippen LogP contribution >= 0.6 is 0 Å². The summed E-state index contributed by atoms with van der Waals surface area (Å²) in [6.45, 7) is 4.40. The SMILES string of the molecule is CC(C)n1ccc(C=Nc2ccc(C34CC5CC(CC(C5)C3)C4)cc2)c1. The summed E-state index contributed by atoms with van der Waals surface area (Å²) in [6.07, 6.45) is 15.1. The fourth-order valence-electron chi connectivity index (χ4n) is 6.34. The maximum atomic E-state index is 4.70. The Morgan fingerprint density at radius 3 is 2.12 bits per heavy atom. The molecule has 0 radical (unpaired) electrons. The van der Waals surface area contributed by atoms with Crippen LogP contribution in [-0.4, -0.2) is 10.8 Å². The predicted molar refractivity (Wildman–Crippen MR) is 108 cm³/mol. The molecule has 1 aromatic carbocycles. The van der Waals surface area contributed by atoms with E-state index in [-0.39, 0.29) is 0 Å². The molecule has 2 aromatic rings. The van der Waals surface area contributed by atoms with Crippen molar-refractivity contribution in [2.45, 2.75) is 63.8 Å². The van der Waals surface area contributed by atoms with E-state index < -0.39 is 0 Å². The van der Waals surface area contributed by atoms with E-state index >= 15 is 0 Å². The maximum Gasteiger partial charge on any atom is 0.0630 e. The Bertz CT molecular complexity index is 774. The Morgan fingerprint density at radius 2 is 1.58 bits per heavy atom. The summed E-state index contributed by atoms with van der Waals surface area (Å²) in [6, 6.07) is 11.8. The zero-order valence-electron chi connectivity index (χ0n) is 16.1. The smallest absolute Gasteiger partial charge is 0.0630 e. The molecule has 26 heavy (non-hydrogen) atoms. The summed E-state index contributed by atoms with van der Waals surface area (Å²) in [4.78, 5) is 4.70. The highest BCUT2D eigenvalue weighted by molar-refractivity contribution is 5.81. The summed E-state index contributed by atoms with van der Waals surface area (Å²) in [7, 11) is 0. The normalized spacial score (nSPS) is 32.8. The average molecular weight is 347 g/mol. The zero-order chi connectivity index (χ0) is 17.7. The fourth-order valence-corrected chi connectivity index (χ4v) is 6.34. The molecule has 0 saturated heterocycles. The van der Waals surface area contributed by atoms with E-state index in [1.54, 1.807) is 5.56 Å². The molecule has 0 aliphatic heterocycles. The summed E-state index contributed by atoms with van der Waals surface area (Å²) < 4.78 is 2.22. The van der Waals surface area contributed by atoms with Crippen LogP contribution in [0.2, 0.25) is 0 Å². The number of hydrogen-bond acceptors (Lipinski definition) is 1. The zero-order valence-corrected chi connectivity index (χ0v) is 16.1. The minimum Gasteiger partial charge on any atom is -0.351 e. The third-order valence-corrected chi connectivity index (χ3v) is 7.21. The van der Waals surface area contributed by atoms with Gasteiger partial charge in [-0.3, -0.25) is 4.99 Å². The van der Waals surface area contributed by atoms with E-state index in [4.69, 9.17) is 4.99 Å². The standard InChI is InChI=1S/C24H30N2/c1-17(2)26-8-7-18(16-26)15-25-23-5-3-22(4-6-23)24-12-19-9-20(13-24)11-21(10-19)14-24/h3-8,15-17,19-21H,9-14H2,1-2H3. The summed E-state index contributed by atoms with van der Waals surface area (Å²) in [5.74, 6) is 3.01. The van der Waals surface area contributed by atoms with Crippen molar-refractivity contribution in [2.24, 2.45) is 22.7 Å². The second-order valence-electron chi connectivity index (χ2n) is 9.49. The largest absolute Gasteiger partial charge is 0.351 e. The van der Waals surface area contributed by atoms with Gasteiger partial charge in [0.1, 0.15) is 0 Å². The first-order valence-corrected chi connectivity index (χ1v) is 10.4. The lowest BCUT2D eigenvalue weighted by molar-refractivity contribution is -0.00518. The molecule has 0 spiro atoms. The molecule has 1 aromatic heterocycles. The van der Waals surface area contributed by atoms with Crippen LogP contribution < -0.4 is 0 Å².